The number of carbonyl (C=O) groups is 1. The first kappa shape index (κ1) is 17.4. The number of methoxy groups -OCH3 is 1. The second-order valence-corrected chi connectivity index (χ2v) is 6.19. The highest BCUT2D eigenvalue weighted by Gasteiger charge is 2.22. The number of benzene rings is 1. The maximum atomic E-state index is 12.6. The van der Waals surface area contributed by atoms with Crippen molar-refractivity contribution in [1.29, 1.82) is 0 Å². The third kappa shape index (κ3) is 3.38. The Balaban J connectivity index is 2.18. The van der Waals surface area contributed by atoms with Crippen molar-refractivity contribution < 1.29 is 23.8 Å². The average Bonchev–Trinajstić information content (AvgIpc) is 2.60. The van der Waals surface area contributed by atoms with Crippen molar-refractivity contribution in [2.24, 2.45) is 0 Å². The fraction of sp³-hybridized carbons (Fsp3) is 0.444. The van der Waals surface area contributed by atoms with Gasteiger partial charge < -0.3 is 23.9 Å². The highest BCUT2D eigenvalue weighted by molar-refractivity contribution is 5.95. The Kier molecular flexibility index (Phi) is 4.78. The summed E-state index contributed by atoms with van der Waals surface area (Å²) in [7, 11) is 1.26. The van der Waals surface area contributed by atoms with Gasteiger partial charge in [0.1, 0.15) is 5.58 Å². The molecule has 1 aromatic carbocycles. The molecular formula is C18H21NO6. The van der Waals surface area contributed by atoms with Crippen LogP contribution in [0.1, 0.15) is 35.9 Å². The molecule has 2 atom stereocenters. The van der Waals surface area contributed by atoms with Gasteiger partial charge in [0.05, 0.1) is 36.9 Å². The molecule has 0 amide bonds. The average molecular weight is 347 g/mol. The van der Waals surface area contributed by atoms with Gasteiger partial charge in [0.2, 0.25) is 0 Å². The SMILES string of the molecule is COC(=O)c1cc(C(C)O)c2oc(N3CCO[C@H](C)C3)cc(=O)c2c1. The lowest BCUT2D eigenvalue weighted by Gasteiger charge is -2.31. The van der Waals surface area contributed by atoms with Gasteiger partial charge in [0.15, 0.2) is 11.3 Å². The van der Waals surface area contributed by atoms with Gasteiger partial charge in [-0.2, -0.15) is 0 Å². The Hall–Kier alpha value is -2.38. The Morgan fingerprint density at radius 1 is 1.40 bits per heavy atom. The minimum atomic E-state index is -0.908. The van der Waals surface area contributed by atoms with Crippen LogP contribution >= 0.6 is 0 Å². The van der Waals surface area contributed by atoms with Gasteiger partial charge in [-0.15, -0.1) is 0 Å². The first-order valence-corrected chi connectivity index (χ1v) is 8.15. The molecule has 1 saturated heterocycles. The second-order valence-electron chi connectivity index (χ2n) is 6.19. The Labute approximate surface area is 144 Å². The molecule has 1 aliphatic rings. The van der Waals surface area contributed by atoms with E-state index in [1.165, 1.54) is 25.3 Å². The van der Waals surface area contributed by atoms with Crippen LogP contribution in [-0.2, 0) is 9.47 Å². The summed E-state index contributed by atoms with van der Waals surface area (Å²) in [5.74, 6) is -0.144. The van der Waals surface area contributed by atoms with Crippen molar-refractivity contribution in [2.75, 3.05) is 31.7 Å². The molecule has 25 heavy (non-hydrogen) atoms. The number of rotatable bonds is 3. The molecule has 1 aliphatic heterocycles. The fourth-order valence-corrected chi connectivity index (χ4v) is 2.99. The molecule has 0 radical (unpaired) electrons. The second kappa shape index (κ2) is 6.85. The minimum absolute atomic E-state index is 0.0349. The van der Waals surface area contributed by atoms with Crippen LogP contribution in [0.4, 0.5) is 5.88 Å². The normalized spacial score (nSPS) is 19.0. The van der Waals surface area contributed by atoms with E-state index in [4.69, 9.17) is 13.9 Å². The van der Waals surface area contributed by atoms with Crippen LogP contribution in [0.15, 0.2) is 27.4 Å². The van der Waals surface area contributed by atoms with Crippen molar-refractivity contribution in [3.8, 4) is 0 Å². The monoisotopic (exact) mass is 347 g/mol. The topological polar surface area (TPSA) is 89.2 Å². The molecule has 7 nitrogen and oxygen atoms in total. The highest BCUT2D eigenvalue weighted by Crippen LogP contribution is 2.29. The maximum absolute atomic E-state index is 12.6. The van der Waals surface area contributed by atoms with Crippen LogP contribution in [0.25, 0.3) is 11.0 Å². The van der Waals surface area contributed by atoms with E-state index in [1.807, 2.05) is 11.8 Å². The molecule has 0 spiro atoms. The minimum Gasteiger partial charge on any atom is -0.465 e. The fourth-order valence-electron chi connectivity index (χ4n) is 2.99. The van der Waals surface area contributed by atoms with Crippen LogP contribution < -0.4 is 10.3 Å². The van der Waals surface area contributed by atoms with Crippen LogP contribution in [0.2, 0.25) is 0 Å². The van der Waals surface area contributed by atoms with Gasteiger partial charge in [-0.05, 0) is 26.0 Å². The molecule has 1 N–H and O–H groups in total. The number of carbonyl (C=O) groups excluding carboxylic acids is 1. The van der Waals surface area contributed by atoms with Gasteiger partial charge in [-0.3, -0.25) is 4.79 Å². The summed E-state index contributed by atoms with van der Waals surface area (Å²) in [5.41, 5.74) is 0.580. The largest absolute Gasteiger partial charge is 0.465 e. The summed E-state index contributed by atoms with van der Waals surface area (Å²) in [6.45, 7) is 5.28. The molecule has 0 saturated carbocycles. The summed E-state index contributed by atoms with van der Waals surface area (Å²) in [4.78, 5) is 26.4. The number of anilines is 1. The Morgan fingerprint density at radius 2 is 2.16 bits per heavy atom. The zero-order chi connectivity index (χ0) is 18.1. The number of esters is 1. The summed E-state index contributed by atoms with van der Waals surface area (Å²) in [6, 6.07) is 4.34. The number of hydrogen-bond donors (Lipinski definition) is 1. The van der Waals surface area contributed by atoms with Crippen LogP contribution in [-0.4, -0.2) is 44.0 Å². The molecule has 2 aromatic rings. The van der Waals surface area contributed by atoms with Crippen LogP contribution in [0.3, 0.4) is 0 Å². The van der Waals surface area contributed by atoms with E-state index in [0.717, 1.165) is 0 Å². The van der Waals surface area contributed by atoms with Crippen molar-refractivity contribution in [2.45, 2.75) is 26.1 Å². The number of nitrogens with zero attached hydrogens (tertiary/aromatic N) is 1. The summed E-state index contributed by atoms with van der Waals surface area (Å²) in [6.07, 6.45) is -0.873. The summed E-state index contributed by atoms with van der Waals surface area (Å²) in [5, 5.41) is 10.3. The van der Waals surface area contributed by atoms with E-state index in [0.29, 0.717) is 31.1 Å². The lowest BCUT2D eigenvalue weighted by Crippen LogP contribution is -2.41. The van der Waals surface area contributed by atoms with Gasteiger partial charge >= 0.3 is 5.97 Å². The molecule has 134 valence electrons. The first-order chi connectivity index (χ1) is 11.9. The number of aliphatic hydroxyl groups excluding tert-OH is 1. The molecule has 3 rings (SSSR count). The zero-order valence-electron chi connectivity index (χ0n) is 14.4. The number of ether oxygens (including phenoxy) is 2. The van der Waals surface area contributed by atoms with E-state index in [1.54, 1.807) is 6.92 Å². The Morgan fingerprint density at radius 3 is 2.80 bits per heavy atom. The predicted molar refractivity (Wildman–Crippen MR) is 92.1 cm³/mol. The van der Waals surface area contributed by atoms with E-state index in [-0.39, 0.29) is 28.1 Å². The maximum Gasteiger partial charge on any atom is 0.337 e. The lowest BCUT2D eigenvalue weighted by atomic mass is 10.0. The molecule has 1 unspecified atom stereocenters. The van der Waals surface area contributed by atoms with Crippen molar-refractivity contribution in [3.05, 3.63) is 39.5 Å². The molecule has 0 bridgehead atoms. The van der Waals surface area contributed by atoms with Gasteiger partial charge in [0.25, 0.3) is 0 Å². The van der Waals surface area contributed by atoms with Crippen LogP contribution in [0.5, 0.6) is 0 Å². The number of aliphatic hydroxyl groups is 1. The standard InChI is InChI=1S/C18H21NO6/c1-10-9-19(4-5-24-10)16-8-15(21)14-7-12(18(22)23-3)6-13(11(2)20)17(14)25-16/h6-8,10-11,20H,4-5,9H2,1-3H3/t10-,11?/m1/s1. The van der Waals surface area contributed by atoms with Crippen molar-refractivity contribution in [3.63, 3.8) is 0 Å². The number of morpholine rings is 1. The van der Waals surface area contributed by atoms with Gasteiger partial charge in [-0.1, -0.05) is 0 Å². The van der Waals surface area contributed by atoms with Crippen molar-refractivity contribution in [1.82, 2.24) is 0 Å². The molecule has 1 aromatic heterocycles. The third-order valence-electron chi connectivity index (χ3n) is 4.27. The van der Waals surface area contributed by atoms with E-state index >= 15 is 0 Å². The van der Waals surface area contributed by atoms with Gasteiger partial charge in [-0.25, -0.2) is 4.79 Å². The summed E-state index contributed by atoms with van der Waals surface area (Å²) < 4.78 is 16.2. The summed E-state index contributed by atoms with van der Waals surface area (Å²) >= 11 is 0. The highest BCUT2D eigenvalue weighted by atomic mass is 16.5. The van der Waals surface area contributed by atoms with Gasteiger partial charge in [0, 0.05) is 24.7 Å². The van der Waals surface area contributed by atoms with E-state index in [9.17, 15) is 14.7 Å². The van der Waals surface area contributed by atoms with Crippen molar-refractivity contribution >= 4 is 22.8 Å². The molecule has 2 heterocycles. The van der Waals surface area contributed by atoms with Crippen LogP contribution in [0, 0.1) is 0 Å². The molecule has 1 fully saturated rings. The quantitative estimate of drug-likeness (QED) is 0.848. The molecule has 7 heteroatoms. The third-order valence-corrected chi connectivity index (χ3v) is 4.27. The number of hydrogen-bond acceptors (Lipinski definition) is 7. The molecule has 0 aliphatic carbocycles. The number of fused-ring (bicyclic) bond motifs is 1. The van der Waals surface area contributed by atoms with E-state index in [2.05, 4.69) is 0 Å². The zero-order valence-corrected chi connectivity index (χ0v) is 14.4. The lowest BCUT2D eigenvalue weighted by molar-refractivity contribution is 0.0517. The predicted octanol–water partition coefficient (Wildman–Crippen LogP) is 1.86. The first-order valence-electron chi connectivity index (χ1n) is 8.15. The Bertz CT molecular complexity index is 857. The van der Waals surface area contributed by atoms with E-state index < -0.39 is 12.1 Å². The smallest absolute Gasteiger partial charge is 0.337 e. The molecular weight excluding hydrogens is 326 g/mol.